The summed E-state index contributed by atoms with van der Waals surface area (Å²) in [5, 5.41) is 1.01. The first kappa shape index (κ1) is 32.7. The third kappa shape index (κ3) is 9.61. The molecule has 0 aliphatic heterocycles. The van der Waals surface area contributed by atoms with Gasteiger partial charge >= 0.3 is 0 Å². The molecule has 0 saturated carbocycles. The van der Waals surface area contributed by atoms with Crippen molar-refractivity contribution in [1.82, 2.24) is 0 Å². The Kier molecular flexibility index (Phi) is 14.3. The van der Waals surface area contributed by atoms with Gasteiger partial charge in [-0.05, 0) is 49.1 Å². The number of hydrogen-bond acceptors (Lipinski definition) is 5. The smallest absolute Gasteiger partial charge is 0.282 e. The van der Waals surface area contributed by atoms with Crippen LogP contribution in [0.15, 0.2) is 34.1 Å². The molecule has 38 heavy (non-hydrogen) atoms. The lowest BCUT2D eigenvalue weighted by Crippen LogP contribution is -2.17. The van der Waals surface area contributed by atoms with E-state index in [2.05, 4.69) is 13.8 Å². The number of unbranched alkanes of at least 4 members (excludes halogenated alkanes) is 12. The zero-order valence-electron chi connectivity index (χ0n) is 23.6. The van der Waals surface area contributed by atoms with Crippen LogP contribution in [0, 0.1) is 0 Å². The fraction of sp³-hybridized carbons (Fsp3) is 0.667. The molecule has 0 amide bonds. The van der Waals surface area contributed by atoms with Crippen LogP contribution < -0.4 is 0 Å². The van der Waals surface area contributed by atoms with Crippen molar-refractivity contribution in [2.75, 3.05) is 6.61 Å². The Morgan fingerprint density at radius 3 is 1.53 bits per heavy atom. The number of rotatable bonds is 20. The SMILES string of the molecule is CCCCCCCCCc1c(S(=O)(=O)O)c(S(=O)(=O)OCC)c2ccccc2c1CCCCCCCCC. The molecule has 0 fully saturated rings. The number of aryl methyl sites for hydroxylation is 1. The maximum absolute atomic E-state index is 13.2. The minimum Gasteiger partial charge on any atom is -0.282 e. The first-order chi connectivity index (χ1) is 18.2. The van der Waals surface area contributed by atoms with E-state index in [-0.39, 0.29) is 12.0 Å². The zero-order chi connectivity index (χ0) is 28.0. The van der Waals surface area contributed by atoms with Gasteiger partial charge in [-0.1, -0.05) is 115 Å². The maximum Gasteiger partial charge on any atom is 0.299 e. The van der Waals surface area contributed by atoms with E-state index in [9.17, 15) is 21.4 Å². The van der Waals surface area contributed by atoms with E-state index in [0.717, 1.165) is 55.9 Å². The van der Waals surface area contributed by atoms with Crippen molar-refractivity contribution in [3.05, 3.63) is 35.4 Å². The van der Waals surface area contributed by atoms with Gasteiger partial charge in [0.15, 0.2) is 0 Å². The van der Waals surface area contributed by atoms with Gasteiger partial charge in [0.1, 0.15) is 9.79 Å². The van der Waals surface area contributed by atoms with Crippen molar-refractivity contribution in [2.24, 2.45) is 0 Å². The highest BCUT2D eigenvalue weighted by molar-refractivity contribution is 7.89. The molecule has 0 spiro atoms. The van der Waals surface area contributed by atoms with Crippen LogP contribution in [0.1, 0.15) is 122 Å². The Bertz CT molecular complexity index is 1200. The predicted molar refractivity (Wildman–Crippen MR) is 156 cm³/mol. The number of benzene rings is 2. The Balaban J connectivity index is 2.54. The molecular weight excluding hydrogens is 520 g/mol. The summed E-state index contributed by atoms with van der Waals surface area (Å²) in [6, 6.07) is 7.01. The first-order valence-corrected chi connectivity index (χ1v) is 17.5. The van der Waals surface area contributed by atoms with Crippen LogP contribution in [0.2, 0.25) is 0 Å². The predicted octanol–water partition coefficient (Wildman–Crippen LogP) is 8.40. The van der Waals surface area contributed by atoms with Gasteiger partial charge in [0.05, 0.1) is 6.61 Å². The van der Waals surface area contributed by atoms with Crippen molar-refractivity contribution in [3.8, 4) is 0 Å². The van der Waals surface area contributed by atoms with Crippen LogP contribution in [0.4, 0.5) is 0 Å². The Morgan fingerprint density at radius 1 is 0.605 bits per heavy atom. The molecule has 1 N–H and O–H groups in total. The van der Waals surface area contributed by atoms with Gasteiger partial charge in [0, 0.05) is 5.39 Å². The van der Waals surface area contributed by atoms with Crippen molar-refractivity contribution in [3.63, 3.8) is 0 Å². The van der Waals surface area contributed by atoms with Crippen LogP contribution >= 0.6 is 0 Å². The highest BCUT2D eigenvalue weighted by Crippen LogP contribution is 2.39. The van der Waals surface area contributed by atoms with E-state index in [1.807, 2.05) is 12.1 Å². The van der Waals surface area contributed by atoms with Gasteiger partial charge in [0.25, 0.3) is 20.2 Å². The second kappa shape index (κ2) is 16.6. The van der Waals surface area contributed by atoms with Gasteiger partial charge in [-0.2, -0.15) is 16.8 Å². The molecule has 0 aromatic heterocycles. The number of fused-ring (bicyclic) bond motifs is 1. The third-order valence-corrected chi connectivity index (χ3v) is 9.75. The highest BCUT2D eigenvalue weighted by atomic mass is 32.2. The molecule has 0 bridgehead atoms. The molecule has 216 valence electrons. The lowest BCUT2D eigenvalue weighted by atomic mass is 9.91. The molecule has 0 aliphatic carbocycles. The summed E-state index contributed by atoms with van der Waals surface area (Å²) in [4.78, 5) is -0.924. The molecule has 0 heterocycles. The summed E-state index contributed by atoms with van der Waals surface area (Å²) < 4.78 is 67.7. The van der Waals surface area contributed by atoms with Crippen molar-refractivity contribution in [2.45, 2.75) is 133 Å². The maximum atomic E-state index is 13.2. The van der Waals surface area contributed by atoms with Crippen LogP contribution in [0.25, 0.3) is 10.8 Å². The van der Waals surface area contributed by atoms with E-state index in [1.165, 1.54) is 44.9 Å². The molecule has 2 rings (SSSR count). The van der Waals surface area contributed by atoms with Gasteiger partial charge in [0.2, 0.25) is 0 Å². The Hall–Kier alpha value is -1.48. The molecule has 2 aromatic carbocycles. The first-order valence-electron chi connectivity index (χ1n) is 14.6. The van der Waals surface area contributed by atoms with Crippen LogP contribution in [-0.2, 0) is 37.3 Å². The van der Waals surface area contributed by atoms with E-state index in [1.54, 1.807) is 19.1 Å². The quantitative estimate of drug-likeness (QED) is 0.0978. The summed E-state index contributed by atoms with van der Waals surface area (Å²) in [5.74, 6) is 0. The molecule has 8 heteroatoms. The van der Waals surface area contributed by atoms with E-state index < -0.39 is 30.0 Å². The summed E-state index contributed by atoms with van der Waals surface area (Å²) in [6.45, 7) is 5.78. The summed E-state index contributed by atoms with van der Waals surface area (Å²) in [6.07, 6.45) is 16.3. The van der Waals surface area contributed by atoms with Gasteiger partial charge in [-0.3, -0.25) is 8.74 Å². The molecule has 0 atom stereocenters. The van der Waals surface area contributed by atoms with Crippen LogP contribution in [0.3, 0.4) is 0 Å². The summed E-state index contributed by atoms with van der Waals surface area (Å²) in [7, 11) is -9.25. The lowest BCUT2D eigenvalue weighted by Gasteiger charge is -2.21. The normalized spacial score (nSPS) is 12.4. The average Bonchev–Trinajstić information content (AvgIpc) is 2.86. The lowest BCUT2D eigenvalue weighted by molar-refractivity contribution is 0.337. The molecule has 0 unspecified atom stereocenters. The van der Waals surface area contributed by atoms with Gasteiger partial charge in [-0.25, -0.2) is 0 Å². The van der Waals surface area contributed by atoms with E-state index in [4.69, 9.17) is 4.18 Å². The highest BCUT2D eigenvalue weighted by Gasteiger charge is 2.33. The molecule has 0 aliphatic rings. The second-order valence-corrected chi connectivity index (χ2v) is 13.1. The monoisotopic (exact) mass is 568 g/mol. The fourth-order valence-corrected chi connectivity index (χ4v) is 8.03. The topological polar surface area (TPSA) is 97.7 Å². The Morgan fingerprint density at radius 2 is 1.05 bits per heavy atom. The van der Waals surface area contributed by atoms with Crippen molar-refractivity contribution in [1.29, 1.82) is 0 Å². The van der Waals surface area contributed by atoms with Crippen LogP contribution in [0.5, 0.6) is 0 Å². The van der Waals surface area contributed by atoms with Gasteiger partial charge in [-0.15, -0.1) is 0 Å². The third-order valence-electron chi connectivity index (χ3n) is 7.18. The van der Waals surface area contributed by atoms with Crippen molar-refractivity contribution < 1.29 is 25.6 Å². The van der Waals surface area contributed by atoms with E-state index in [0.29, 0.717) is 18.4 Å². The molecule has 2 aromatic rings. The molecule has 6 nitrogen and oxygen atoms in total. The minimum atomic E-state index is -4.84. The summed E-state index contributed by atoms with van der Waals surface area (Å²) >= 11 is 0. The zero-order valence-corrected chi connectivity index (χ0v) is 25.3. The summed E-state index contributed by atoms with van der Waals surface area (Å²) in [5.41, 5.74) is 1.27. The van der Waals surface area contributed by atoms with E-state index >= 15 is 0 Å². The Labute approximate surface area is 231 Å². The molecule has 0 saturated heterocycles. The number of hydrogen-bond donors (Lipinski definition) is 1. The second-order valence-electron chi connectivity index (χ2n) is 10.2. The van der Waals surface area contributed by atoms with Crippen LogP contribution in [-0.4, -0.2) is 28.0 Å². The van der Waals surface area contributed by atoms with Gasteiger partial charge < -0.3 is 0 Å². The molecular formula is C30H48O6S2. The standard InChI is InChI=1S/C30H48O6S2/c1-4-7-9-11-13-15-17-21-25-26-22-19-20-24-28(26)30(38(34,35)36-6-3)29(37(31,32)33)27(25)23-18-16-14-12-10-8-5-2/h19-20,22,24H,4-18,21,23H2,1-3H3,(H,31,32,33). The fourth-order valence-electron chi connectivity index (χ4n) is 5.31. The largest absolute Gasteiger partial charge is 0.299 e. The molecule has 0 radical (unpaired) electrons. The minimum absolute atomic E-state index is 0.131. The van der Waals surface area contributed by atoms with Crippen molar-refractivity contribution >= 4 is 31.0 Å². The average molecular weight is 569 g/mol.